The summed E-state index contributed by atoms with van der Waals surface area (Å²) in [5, 5.41) is 14.2. The van der Waals surface area contributed by atoms with Crippen molar-refractivity contribution in [3.8, 4) is 5.75 Å². The molecule has 0 atom stereocenters. The Kier molecular flexibility index (Phi) is 5.64. The molecule has 2 aromatic carbocycles. The number of phenolic OH excluding ortho intramolecular Hbond substituents is 1. The van der Waals surface area contributed by atoms with Crippen molar-refractivity contribution in [1.82, 2.24) is 0 Å². The van der Waals surface area contributed by atoms with Gasteiger partial charge in [-0.15, -0.1) is 0 Å². The lowest BCUT2D eigenvalue weighted by Crippen LogP contribution is -2.40. The Morgan fingerprint density at radius 1 is 1.07 bits per heavy atom. The van der Waals surface area contributed by atoms with Crippen LogP contribution in [-0.4, -0.2) is 30.3 Å². The Balaban J connectivity index is 1.78. The molecule has 9 heteroatoms. The highest BCUT2D eigenvalue weighted by Crippen LogP contribution is 2.39. The molecule has 0 aromatic heterocycles. The van der Waals surface area contributed by atoms with Gasteiger partial charge in [0.15, 0.2) is 0 Å². The van der Waals surface area contributed by atoms with Crippen molar-refractivity contribution in [3.63, 3.8) is 0 Å². The number of hydrogen-bond acceptors (Lipinski definition) is 4. The molecule has 5 N–H and O–H groups in total. The fourth-order valence-corrected chi connectivity index (χ4v) is 3.13. The van der Waals surface area contributed by atoms with E-state index in [9.17, 15) is 23.1 Å². The molecule has 1 aliphatic rings. The third kappa shape index (κ3) is 4.86. The highest BCUT2D eigenvalue weighted by atomic mass is 19.4. The number of carbonyl (C=O) groups excluding carboxylic acids is 1. The SMILES string of the molecule is NC1CCN(c2ccc(NC(=O)Nc3cccc(O)c3)cc2C(F)(F)F)CC1. The molecule has 0 bridgehead atoms. The Hall–Kier alpha value is -2.94. The van der Waals surface area contributed by atoms with Crippen molar-refractivity contribution in [1.29, 1.82) is 0 Å². The number of carbonyl (C=O) groups is 1. The molecule has 150 valence electrons. The number of amides is 2. The average molecular weight is 394 g/mol. The van der Waals surface area contributed by atoms with Gasteiger partial charge < -0.3 is 26.4 Å². The van der Waals surface area contributed by atoms with E-state index in [0.29, 0.717) is 31.6 Å². The molecule has 28 heavy (non-hydrogen) atoms. The molecule has 3 rings (SSSR count). The first-order valence-electron chi connectivity index (χ1n) is 8.81. The molecule has 0 saturated carbocycles. The maximum absolute atomic E-state index is 13.6. The summed E-state index contributed by atoms with van der Waals surface area (Å²) in [6.45, 7) is 0.907. The zero-order valence-electron chi connectivity index (χ0n) is 15.0. The summed E-state index contributed by atoms with van der Waals surface area (Å²) in [6.07, 6.45) is -3.30. The zero-order valence-corrected chi connectivity index (χ0v) is 15.0. The molecule has 2 aromatic rings. The number of nitrogens with zero attached hydrogens (tertiary/aromatic N) is 1. The zero-order chi connectivity index (χ0) is 20.3. The van der Waals surface area contributed by atoms with E-state index in [1.807, 2.05) is 0 Å². The number of rotatable bonds is 3. The fraction of sp³-hybridized carbons (Fsp3) is 0.316. The Labute approximate surface area is 160 Å². The van der Waals surface area contributed by atoms with Crippen LogP contribution in [0.2, 0.25) is 0 Å². The summed E-state index contributed by atoms with van der Waals surface area (Å²) in [5.74, 6) is -0.0391. The lowest BCUT2D eigenvalue weighted by Gasteiger charge is -2.33. The van der Waals surface area contributed by atoms with Gasteiger partial charge in [-0.1, -0.05) is 6.07 Å². The second kappa shape index (κ2) is 7.97. The van der Waals surface area contributed by atoms with Crippen molar-refractivity contribution in [2.45, 2.75) is 25.1 Å². The topological polar surface area (TPSA) is 90.6 Å². The first kappa shape index (κ1) is 19.8. The molecule has 1 saturated heterocycles. The van der Waals surface area contributed by atoms with Crippen molar-refractivity contribution >= 4 is 23.1 Å². The van der Waals surface area contributed by atoms with Gasteiger partial charge in [-0.05, 0) is 43.2 Å². The maximum atomic E-state index is 13.6. The van der Waals surface area contributed by atoms with Crippen LogP contribution in [0.4, 0.5) is 35.0 Å². The van der Waals surface area contributed by atoms with Crippen LogP contribution in [0.5, 0.6) is 5.75 Å². The van der Waals surface area contributed by atoms with Crippen molar-refractivity contribution in [2.24, 2.45) is 5.73 Å². The average Bonchev–Trinajstić information content (AvgIpc) is 2.61. The van der Waals surface area contributed by atoms with Crippen molar-refractivity contribution in [2.75, 3.05) is 28.6 Å². The number of piperidine rings is 1. The van der Waals surface area contributed by atoms with Crippen molar-refractivity contribution in [3.05, 3.63) is 48.0 Å². The number of aromatic hydroxyl groups is 1. The van der Waals surface area contributed by atoms with E-state index in [-0.39, 0.29) is 23.2 Å². The van der Waals surface area contributed by atoms with E-state index in [1.54, 1.807) is 11.0 Å². The molecule has 0 spiro atoms. The molecule has 1 aliphatic heterocycles. The van der Waals surface area contributed by atoms with Gasteiger partial charge in [0, 0.05) is 42.3 Å². The molecular weight excluding hydrogens is 373 g/mol. The predicted molar refractivity (Wildman–Crippen MR) is 102 cm³/mol. The summed E-state index contributed by atoms with van der Waals surface area (Å²) in [4.78, 5) is 13.7. The Morgan fingerprint density at radius 2 is 1.71 bits per heavy atom. The summed E-state index contributed by atoms with van der Waals surface area (Å²) < 4.78 is 40.7. The molecule has 0 radical (unpaired) electrons. The van der Waals surface area contributed by atoms with Gasteiger partial charge in [-0.3, -0.25) is 0 Å². The highest BCUT2D eigenvalue weighted by molar-refractivity contribution is 6.00. The molecule has 2 amide bonds. The van der Waals surface area contributed by atoms with E-state index in [0.717, 1.165) is 6.07 Å². The van der Waals surface area contributed by atoms with E-state index in [4.69, 9.17) is 5.73 Å². The van der Waals surface area contributed by atoms with Gasteiger partial charge in [0.05, 0.1) is 5.56 Å². The monoisotopic (exact) mass is 394 g/mol. The standard InChI is InChI=1S/C19H21F3N4O2/c20-19(21,22)16-11-14(4-5-17(16)26-8-6-12(23)7-9-26)25-18(28)24-13-2-1-3-15(27)10-13/h1-5,10-12,27H,6-9,23H2,(H2,24,25,28). The van der Waals surface area contributed by atoms with Gasteiger partial charge >= 0.3 is 12.2 Å². The maximum Gasteiger partial charge on any atom is 0.418 e. The van der Waals surface area contributed by atoms with Crippen molar-refractivity contribution < 1.29 is 23.1 Å². The smallest absolute Gasteiger partial charge is 0.418 e. The molecule has 0 unspecified atom stereocenters. The van der Waals surface area contributed by atoms with Crippen LogP contribution >= 0.6 is 0 Å². The number of hydrogen-bond donors (Lipinski definition) is 4. The van der Waals surface area contributed by atoms with Crippen LogP contribution in [0.3, 0.4) is 0 Å². The lowest BCUT2D eigenvalue weighted by molar-refractivity contribution is -0.137. The van der Waals surface area contributed by atoms with Crippen LogP contribution in [0, 0.1) is 0 Å². The number of benzene rings is 2. The number of alkyl halides is 3. The summed E-state index contributed by atoms with van der Waals surface area (Å²) in [5.41, 5.74) is 5.44. The minimum absolute atomic E-state index is 0.00708. The van der Waals surface area contributed by atoms with Gasteiger partial charge in [0.2, 0.25) is 0 Å². The Bertz CT molecular complexity index is 849. The summed E-state index contributed by atoms with van der Waals surface area (Å²) in [7, 11) is 0. The summed E-state index contributed by atoms with van der Waals surface area (Å²) >= 11 is 0. The third-order valence-corrected chi connectivity index (χ3v) is 4.54. The minimum Gasteiger partial charge on any atom is -0.508 e. The summed E-state index contributed by atoms with van der Waals surface area (Å²) in [6, 6.07) is 8.85. The quantitative estimate of drug-likeness (QED) is 0.634. The van der Waals surface area contributed by atoms with Crippen LogP contribution < -0.4 is 21.3 Å². The molecule has 1 fully saturated rings. The van der Waals surface area contributed by atoms with Crippen LogP contribution in [0.1, 0.15) is 18.4 Å². The first-order valence-corrected chi connectivity index (χ1v) is 8.81. The molecule has 0 aliphatic carbocycles. The van der Waals surface area contributed by atoms with Gasteiger partial charge in [0.1, 0.15) is 5.75 Å². The second-order valence-electron chi connectivity index (χ2n) is 6.68. The van der Waals surface area contributed by atoms with Gasteiger partial charge in [-0.25, -0.2) is 4.79 Å². The van der Waals surface area contributed by atoms with Crippen LogP contribution in [0.25, 0.3) is 0 Å². The van der Waals surface area contributed by atoms with Gasteiger partial charge in [0.25, 0.3) is 0 Å². The lowest BCUT2D eigenvalue weighted by atomic mass is 10.0. The first-order chi connectivity index (χ1) is 13.2. The van der Waals surface area contributed by atoms with E-state index in [1.165, 1.54) is 30.3 Å². The minimum atomic E-state index is -4.56. The number of nitrogens with one attached hydrogen (secondary N) is 2. The van der Waals surface area contributed by atoms with Gasteiger partial charge in [-0.2, -0.15) is 13.2 Å². The van der Waals surface area contributed by atoms with E-state index >= 15 is 0 Å². The van der Waals surface area contributed by atoms with E-state index < -0.39 is 17.8 Å². The van der Waals surface area contributed by atoms with Crippen LogP contribution in [-0.2, 0) is 6.18 Å². The van der Waals surface area contributed by atoms with E-state index in [2.05, 4.69) is 10.6 Å². The second-order valence-corrected chi connectivity index (χ2v) is 6.68. The Morgan fingerprint density at radius 3 is 2.32 bits per heavy atom. The number of phenols is 1. The van der Waals surface area contributed by atoms with Crippen LogP contribution in [0.15, 0.2) is 42.5 Å². The predicted octanol–water partition coefficient (Wildman–Crippen LogP) is 3.98. The normalized spacial score (nSPS) is 15.4. The number of anilines is 3. The largest absolute Gasteiger partial charge is 0.508 e. The molecular formula is C19H21F3N4O2. The fourth-order valence-electron chi connectivity index (χ4n) is 3.13. The number of nitrogens with two attached hydrogens (primary N) is 1. The molecule has 1 heterocycles. The molecule has 6 nitrogen and oxygen atoms in total. The number of urea groups is 1. The number of halogens is 3. The highest BCUT2D eigenvalue weighted by Gasteiger charge is 2.36. The third-order valence-electron chi connectivity index (χ3n) is 4.54.